The Morgan fingerprint density at radius 3 is 2.20 bits per heavy atom. The monoisotopic (exact) mass is 268 g/mol. The zero-order chi connectivity index (χ0) is 14.2. The van der Waals surface area contributed by atoms with Gasteiger partial charge in [-0.2, -0.15) is 0 Å². The van der Waals surface area contributed by atoms with Crippen molar-refractivity contribution < 1.29 is 9.47 Å². The van der Waals surface area contributed by atoms with E-state index in [4.69, 9.17) is 9.47 Å². The van der Waals surface area contributed by atoms with E-state index in [1.807, 2.05) is 18.2 Å². The number of benzene rings is 1. The largest absolute Gasteiger partial charge is 0.494 e. The van der Waals surface area contributed by atoms with Crippen molar-refractivity contribution >= 4 is 5.57 Å². The summed E-state index contributed by atoms with van der Waals surface area (Å²) >= 11 is 0. The van der Waals surface area contributed by atoms with E-state index in [2.05, 4.69) is 31.4 Å². The molecule has 0 spiro atoms. The van der Waals surface area contributed by atoms with Gasteiger partial charge in [-0.1, -0.05) is 43.5 Å². The molecule has 2 nitrogen and oxygen atoms in total. The SMILES string of the molecule is C=CCOC1=CC=C(c2ccc(OCC=C)cc2)CC1. The van der Waals surface area contributed by atoms with Crippen molar-refractivity contribution in [2.24, 2.45) is 0 Å². The summed E-state index contributed by atoms with van der Waals surface area (Å²) in [6.45, 7) is 8.40. The average molecular weight is 268 g/mol. The first kappa shape index (κ1) is 14.2. The zero-order valence-corrected chi connectivity index (χ0v) is 11.7. The molecule has 0 unspecified atom stereocenters. The lowest BCUT2D eigenvalue weighted by molar-refractivity contribution is 0.236. The Bertz CT molecular complexity index is 521. The van der Waals surface area contributed by atoms with Crippen LogP contribution in [0, 0.1) is 0 Å². The summed E-state index contributed by atoms with van der Waals surface area (Å²) in [5.41, 5.74) is 2.56. The molecule has 0 aromatic heterocycles. The van der Waals surface area contributed by atoms with E-state index in [0.717, 1.165) is 24.4 Å². The molecule has 2 heteroatoms. The summed E-state index contributed by atoms with van der Waals surface area (Å²) in [5, 5.41) is 0. The molecule has 0 atom stereocenters. The Morgan fingerprint density at radius 2 is 1.60 bits per heavy atom. The van der Waals surface area contributed by atoms with Crippen LogP contribution in [0.4, 0.5) is 0 Å². The lowest BCUT2D eigenvalue weighted by atomic mass is 9.96. The van der Waals surface area contributed by atoms with Crippen molar-refractivity contribution in [3.63, 3.8) is 0 Å². The number of hydrogen-bond acceptors (Lipinski definition) is 2. The van der Waals surface area contributed by atoms with Crippen LogP contribution in [0.25, 0.3) is 5.57 Å². The van der Waals surface area contributed by atoms with Gasteiger partial charge in [0, 0.05) is 6.42 Å². The van der Waals surface area contributed by atoms with Crippen LogP contribution >= 0.6 is 0 Å². The minimum Gasteiger partial charge on any atom is -0.494 e. The third-order valence-electron chi connectivity index (χ3n) is 3.09. The van der Waals surface area contributed by atoms with Gasteiger partial charge in [0.2, 0.25) is 0 Å². The summed E-state index contributed by atoms with van der Waals surface area (Å²) in [5.74, 6) is 1.90. The summed E-state index contributed by atoms with van der Waals surface area (Å²) in [4.78, 5) is 0. The number of hydrogen-bond donors (Lipinski definition) is 0. The van der Waals surface area contributed by atoms with Crippen molar-refractivity contribution in [2.45, 2.75) is 12.8 Å². The highest BCUT2D eigenvalue weighted by Crippen LogP contribution is 2.28. The molecule has 0 radical (unpaired) electrons. The van der Waals surface area contributed by atoms with Crippen LogP contribution in [0.5, 0.6) is 5.75 Å². The second kappa shape index (κ2) is 7.39. The van der Waals surface area contributed by atoms with Gasteiger partial charge >= 0.3 is 0 Å². The van der Waals surface area contributed by atoms with E-state index >= 15 is 0 Å². The maximum atomic E-state index is 5.55. The topological polar surface area (TPSA) is 18.5 Å². The Morgan fingerprint density at radius 1 is 0.900 bits per heavy atom. The molecule has 1 aliphatic rings. The van der Waals surface area contributed by atoms with Gasteiger partial charge in [0.1, 0.15) is 19.0 Å². The van der Waals surface area contributed by atoms with Gasteiger partial charge in [-0.25, -0.2) is 0 Å². The first-order valence-corrected chi connectivity index (χ1v) is 6.81. The highest BCUT2D eigenvalue weighted by molar-refractivity contribution is 5.68. The Labute approximate surface area is 120 Å². The molecule has 0 aliphatic heterocycles. The molecule has 2 rings (SSSR count). The Hall–Kier alpha value is -2.22. The van der Waals surface area contributed by atoms with Crippen molar-refractivity contribution in [2.75, 3.05) is 13.2 Å². The van der Waals surface area contributed by atoms with Gasteiger partial charge in [0.25, 0.3) is 0 Å². The first-order valence-electron chi connectivity index (χ1n) is 6.81. The fourth-order valence-corrected chi connectivity index (χ4v) is 2.07. The van der Waals surface area contributed by atoms with Gasteiger partial charge in [0.05, 0.1) is 5.76 Å². The highest BCUT2D eigenvalue weighted by atomic mass is 16.5. The Kier molecular flexibility index (Phi) is 5.24. The van der Waals surface area contributed by atoms with Gasteiger partial charge < -0.3 is 9.47 Å². The Balaban J connectivity index is 2.01. The normalized spacial score (nSPS) is 14.0. The predicted molar refractivity (Wildman–Crippen MR) is 83.6 cm³/mol. The predicted octanol–water partition coefficient (Wildman–Crippen LogP) is 4.52. The zero-order valence-electron chi connectivity index (χ0n) is 11.7. The number of rotatable bonds is 7. The van der Waals surface area contributed by atoms with E-state index < -0.39 is 0 Å². The van der Waals surface area contributed by atoms with Crippen LogP contribution in [0.15, 0.2) is 67.5 Å². The van der Waals surface area contributed by atoms with Crippen molar-refractivity contribution in [1.82, 2.24) is 0 Å². The van der Waals surface area contributed by atoms with E-state index in [0.29, 0.717) is 13.2 Å². The molecule has 0 saturated carbocycles. The quantitative estimate of drug-likeness (QED) is 0.677. The van der Waals surface area contributed by atoms with Crippen LogP contribution in [0.2, 0.25) is 0 Å². The number of ether oxygens (including phenoxy) is 2. The summed E-state index contributed by atoms with van der Waals surface area (Å²) in [6.07, 6.45) is 9.62. The fourth-order valence-electron chi connectivity index (χ4n) is 2.07. The van der Waals surface area contributed by atoms with Crippen LogP contribution in [0.3, 0.4) is 0 Å². The third kappa shape index (κ3) is 3.89. The fraction of sp³-hybridized carbons (Fsp3) is 0.222. The van der Waals surface area contributed by atoms with Gasteiger partial charge in [-0.15, -0.1) is 0 Å². The van der Waals surface area contributed by atoms with Gasteiger partial charge in [-0.3, -0.25) is 0 Å². The van der Waals surface area contributed by atoms with E-state index in [9.17, 15) is 0 Å². The minimum absolute atomic E-state index is 0.536. The molecule has 1 aliphatic carbocycles. The molecule has 0 amide bonds. The molecular formula is C18H20O2. The smallest absolute Gasteiger partial charge is 0.119 e. The molecular weight excluding hydrogens is 248 g/mol. The minimum atomic E-state index is 0.536. The second-order valence-corrected chi connectivity index (χ2v) is 4.55. The van der Waals surface area contributed by atoms with Gasteiger partial charge in [0.15, 0.2) is 0 Å². The van der Waals surface area contributed by atoms with Crippen molar-refractivity contribution in [1.29, 1.82) is 0 Å². The lowest BCUT2D eigenvalue weighted by Crippen LogP contribution is -1.98. The molecule has 1 aromatic carbocycles. The van der Waals surface area contributed by atoms with E-state index in [1.165, 1.54) is 11.1 Å². The second-order valence-electron chi connectivity index (χ2n) is 4.55. The maximum Gasteiger partial charge on any atom is 0.119 e. The molecule has 1 aromatic rings. The van der Waals surface area contributed by atoms with Crippen LogP contribution in [-0.2, 0) is 4.74 Å². The van der Waals surface area contributed by atoms with E-state index in [-0.39, 0.29) is 0 Å². The molecule has 20 heavy (non-hydrogen) atoms. The van der Waals surface area contributed by atoms with Crippen molar-refractivity contribution in [3.8, 4) is 5.75 Å². The highest BCUT2D eigenvalue weighted by Gasteiger charge is 2.09. The summed E-state index contributed by atoms with van der Waals surface area (Å²) in [6, 6.07) is 8.17. The van der Waals surface area contributed by atoms with E-state index in [1.54, 1.807) is 12.2 Å². The summed E-state index contributed by atoms with van der Waals surface area (Å²) in [7, 11) is 0. The molecule has 104 valence electrons. The van der Waals surface area contributed by atoms with Crippen LogP contribution in [-0.4, -0.2) is 13.2 Å². The first-order chi connectivity index (χ1) is 9.83. The summed E-state index contributed by atoms with van der Waals surface area (Å²) < 4.78 is 11.0. The van der Waals surface area contributed by atoms with Gasteiger partial charge in [-0.05, 0) is 35.8 Å². The number of allylic oxidation sites excluding steroid dienone is 4. The van der Waals surface area contributed by atoms with Crippen molar-refractivity contribution in [3.05, 3.63) is 73.1 Å². The molecule has 0 fully saturated rings. The molecule has 0 saturated heterocycles. The molecule has 0 heterocycles. The molecule has 0 N–H and O–H groups in total. The molecule has 0 bridgehead atoms. The average Bonchev–Trinajstić information content (AvgIpc) is 2.52. The van der Waals surface area contributed by atoms with Crippen LogP contribution < -0.4 is 4.74 Å². The standard InChI is InChI=1S/C18H20O2/c1-3-13-19-17-9-5-15(6-10-17)16-7-11-18(12-8-16)20-14-4-2/h3-7,9-11H,1-2,8,12-14H2. The van der Waals surface area contributed by atoms with Crippen LogP contribution in [0.1, 0.15) is 18.4 Å². The maximum absolute atomic E-state index is 5.55. The lowest BCUT2D eigenvalue weighted by Gasteiger charge is -2.15. The third-order valence-corrected chi connectivity index (χ3v) is 3.09.